The Morgan fingerprint density at radius 3 is 2.42 bits per heavy atom. The highest BCUT2D eigenvalue weighted by atomic mass is 19.1. The van der Waals surface area contributed by atoms with Gasteiger partial charge in [0.25, 0.3) is 5.91 Å². The van der Waals surface area contributed by atoms with Gasteiger partial charge in [0.1, 0.15) is 28.7 Å². The molecule has 1 aromatic rings. The number of phenols is 1. The average Bonchev–Trinajstić information content (AvgIpc) is 3.62. The van der Waals surface area contributed by atoms with Crippen LogP contribution in [-0.4, -0.2) is 87.0 Å². The zero-order valence-corrected chi connectivity index (χ0v) is 21.5. The number of fused-ring (bicyclic) bond motifs is 3. The molecule has 4 aliphatic rings. The van der Waals surface area contributed by atoms with Crippen LogP contribution in [0.2, 0.25) is 0 Å². The van der Waals surface area contributed by atoms with Crippen LogP contribution in [0.4, 0.5) is 4.39 Å². The predicted octanol–water partition coefficient (Wildman–Crippen LogP) is 1.10. The average molecular weight is 530 g/mol. The molecule has 10 nitrogen and oxygen atoms in total. The number of likely N-dealkylation sites (N-methyl/N-ethyl adjacent to an activating group) is 1. The molecule has 0 saturated heterocycles. The number of nitrogens with zero attached hydrogens (tertiary/aromatic N) is 2. The first-order valence-corrected chi connectivity index (χ1v) is 12.7. The first-order valence-electron chi connectivity index (χ1n) is 12.7. The fraction of sp³-hybridized carbons (Fsp3) is 0.519. The quantitative estimate of drug-likeness (QED) is 0.339. The maximum atomic E-state index is 15.8. The molecule has 6 N–H and O–H groups in total. The predicted molar refractivity (Wildman–Crippen MR) is 133 cm³/mol. The molecule has 0 radical (unpaired) electrons. The van der Waals surface area contributed by atoms with Crippen molar-refractivity contribution in [3.63, 3.8) is 0 Å². The van der Waals surface area contributed by atoms with E-state index in [-0.39, 0.29) is 41.6 Å². The molecule has 11 heteroatoms. The lowest BCUT2D eigenvalue weighted by Gasteiger charge is -2.50. The van der Waals surface area contributed by atoms with Crippen molar-refractivity contribution in [3.05, 3.63) is 51.2 Å². The standard InChI is InChI=1S/C27H32FN3O7/c1-30(2)21-15-7-12-6-14-18(16(32)8-13(20(14)28)10-31(3)9-11-4-5-11)22(33)17(12)24(35)27(15,38)25(36)19(23(21)34)26(29)37/h8,11-12,15,21,32,34-35,38H,4-7,9-10H2,1-3H3,(H2,29,37)/t12-,15-,21-,27-/m0/s1. The Labute approximate surface area is 218 Å². The van der Waals surface area contributed by atoms with E-state index < -0.39 is 69.6 Å². The van der Waals surface area contributed by atoms with Gasteiger partial charge in [0, 0.05) is 35.7 Å². The van der Waals surface area contributed by atoms with Crippen molar-refractivity contribution < 1.29 is 39.2 Å². The lowest BCUT2D eigenvalue weighted by atomic mass is 9.58. The lowest BCUT2D eigenvalue weighted by molar-refractivity contribution is -0.148. The fourth-order valence-electron chi connectivity index (χ4n) is 6.57. The van der Waals surface area contributed by atoms with Gasteiger partial charge in [-0.25, -0.2) is 4.39 Å². The minimum Gasteiger partial charge on any atom is -0.510 e. The van der Waals surface area contributed by atoms with Crippen LogP contribution in [0.5, 0.6) is 5.75 Å². The van der Waals surface area contributed by atoms with Crippen molar-refractivity contribution in [2.24, 2.45) is 23.5 Å². The van der Waals surface area contributed by atoms with Gasteiger partial charge in [-0.15, -0.1) is 0 Å². The summed E-state index contributed by atoms with van der Waals surface area (Å²) in [6.45, 7) is 1.04. The van der Waals surface area contributed by atoms with Crippen LogP contribution in [0.25, 0.3) is 0 Å². The number of rotatable bonds is 6. The SMILES string of the molecule is CN(Cc1cc(O)c2c(c1F)C[C@H]1C[C@H]3[C@H](N(C)C)C(O)=C(C(N)=O)C(=O)[C@@]3(O)C(O)=C1C2=O)CC1CC1. The van der Waals surface area contributed by atoms with E-state index in [2.05, 4.69) is 0 Å². The van der Waals surface area contributed by atoms with E-state index in [0.29, 0.717) is 5.92 Å². The topological polar surface area (TPSA) is 165 Å². The van der Waals surface area contributed by atoms with E-state index in [0.717, 1.165) is 19.4 Å². The summed E-state index contributed by atoms with van der Waals surface area (Å²) < 4.78 is 15.8. The number of halogens is 1. The Hall–Kier alpha value is -3.28. The lowest BCUT2D eigenvalue weighted by Crippen LogP contribution is -2.63. The molecule has 1 amide bonds. The third-order valence-electron chi connectivity index (χ3n) is 8.44. The largest absolute Gasteiger partial charge is 0.510 e. The van der Waals surface area contributed by atoms with Gasteiger partial charge in [0.2, 0.25) is 5.78 Å². The summed E-state index contributed by atoms with van der Waals surface area (Å²) in [7, 11) is 4.97. The van der Waals surface area contributed by atoms with Crippen LogP contribution in [-0.2, 0) is 22.6 Å². The Balaban J connectivity index is 1.61. The Morgan fingerprint density at radius 1 is 1.18 bits per heavy atom. The summed E-state index contributed by atoms with van der Waals surface area (Å²) in [5.74, 6) is -7.56. The second kappa shape index (κ2) is 8.89. The number of Topliss-reactive ketones (excluding diaryl/α,β-unsaturated/α-hetero) is 2. The van der Waals surface area contributed by atoms with Crippen molar-refractivity contribution in [2.75, 3.05) is 27.7 Å². The number of hydrogen-bond acceptors (Lipinski definition) is 9. The van der Waals surface area contributed by atoms with E-state index in [1.165, 1.54) is 11.0 Å². The molecular weight excluding hydrogens is 497 g/mol. The fourth-order valence-corrected chi connectivity index (χ4v) is 6.57. The van der Waals surface area contributed by atoms with Crippen LogP contribution in [0.3, 0.4) is 0 Å². The molecule has 1 saturated carbocycles. The number of aliphatic hydroxyl groups is 3. The molecule has 1 aromatic carbocycles. The van der Waals surface area contributed by atoms with Crippen LogP contribution in [0.1, 0.15) is 40.7 Å². The smallest absolute Gasteiger partial charge is 0.255 e. The summed E-state index contributed by atoms with van der Waals surface area (Å²) in [6.07, 6.45) is 2.10. The number of allylic oxidation sites excluding steroid dienone is 1. The number of primary amides is 1. The number of carbonyl (C=O) groups is 3. The molecule has 38 heavy (non-hydrogen) atoms. The number of carbonyl (C=O) groups excluding carboxylic acids is 3. The second-order valence-corrected chi connectivity index (χ2v) is 11.3. The van der Waals surface area contributed by atoms with E-state index >= 15 is 4.39 Å². The van der Waals surface area contributed by atoms with Crippen LogP contribution in [0.15, 0.2) is 28.7 Å². The van der Waals surface area contributed by atoms with Crippen molar-refractivity contribution in [1.29, 1.82) is 0 Å². The zero-order valence-electron chi connectivity index (χ0n) is 21.5. The van der Waals surface area contributed by atoms with E-state index in [4.69, 9.17) is 5.73 Å². The van der Waals surface area contributed by atoms with Crippen molar-refractivity contribution in [1.82, 2.24) is 9.80 Å². The van der Waals surface area contributed by atoms with Gasteiger partial charge in [-0.3, -0.25) is 19.3 Å². The van der Waals surface area contributed by atoms with Crippen molar-refractivity contribution >= 4 is 17.5 Å². The Morgan fingerprint density at radius 2 is 1.84 bits per heavy atom. The minimum atomic E-state index is -2.72. The number of nitrogens with two attached hydrogens (primary N) is 1. The molecule has 5 rings (SSSR count). The normalized spacial score (nSPS) is 29.1. The Kier molecular flexibility index (Phi) is 6.16. The molecule has 0 aromatic heterocycles. The molecule has 0 aliphatic heterocycles. The first-order chi connectivity index (χ1) is 17.8. The van der Waals surface area contributed by atoms with Crippen molar-refractivity contribution in [3.8, 4) is 5.75 Å². The van der Waals surface area contributed by atoms with Crippen LogP contribution in [0, 0.1) is 23.6 Å². The number of aliphatic hydroxyl groups excluding tert-OH is 2. The summed E-state index contributed by atoms with van der Waals surface area (Å²) in [4.78, 5) is 42.4. The summed E-state index contributed by atoms with van der Waals surface area (Å²) in [5.41, 5.74) is 1.36. The van der Waals surface area contributed by atoms with Gasteiger partial charge in [0.15, 0.2) is 11.4 Å². The highest BCUT2D eigenvalue weighted by Gasteiger charge is 2.63. The highest BCUT2D eigenvalue weighted by molar-refractivity contribution is 6.24. The molecule has 1 fully saturated rings. The summed E-state index contributed by atoms with van der Waals surface area (Å²) in [6, 6.07) is 0.106. The van der Waals surface area contributed by atoms with Gasteiger partial charge in [-0.05, 0) is 64.7 Å². The number of phenolic OH excluding ortho intramolecular Hbond substituents is 1. The number of amides is 1. The Bertz CT molecular complexity index is 1330. The molecule has 4 atom stereocenters. The summed E-state index contributed by atoms with van der Waals surface area (Å²) >= 11 is 0. The molecule has 0 heterocycles. The van der Waals surface area contributed by atoms with Gasteiger partial charge in [-0.2, -0.15) is 0 Å². The van der Waals surface area contributed by atoms with Crippen LogP contribution < -0.4 is 5.73 Å². The van der Waals surface area contributed by atoms with Gasteiger partial charge in [-0.1, -0.05) is 0 Å². The van der Waals surface area contributed by atoms with Gasteiger partial charge in [0.05, 0.1) is 11.6 Å². The molecule has 204 valence electrons. The van der Waals surface area contributed by atoms with Gasteiger partial charge < -0.3 is 31.1 Å². The third-order valence-corrected chi connectivity index (χ3v) is 8.44. The maximum Gasteiger partial charge on any atom is 0.255 e. The first kappa shape index (κ1) is 26.3. The van der Waals surface area contributed by atoms with Crippen LogP contribution >= 0.6 is 0 Å². The zero-order chi connectivity index (χ0) is 27.8. The minimum absolute atomic E-state index is 0.0120. The van der Waals surface area contributed by atoms with E-state index in [1.54, 1.807) is 14.1 Å². The molecule has 0 unspecified atom stereocenters. The van der Waals surface area contributed by atoms with Gasteiger partial charge >= 0.3 is 0 Å². The number of hydrogen-bond donors (Lipinski definition) is 5. The molecular formula is C27H32FN3O7. The number of ketones is 2. The molecule has 0 spiro atoms. The molecule has 4 aliphatic carbocycles. The summed E-state index contributed by atoms with van der Waals surface area (Å²) in [5, 5.41) is 44.4. The van der Waals surface area contributed by atoms with E-state index in [9.17, 15) is 34.8 Å². The highest BCUT2D eigenvalue weighted by Crippen LogP contribution is 2.52. The van der Waals surface area contributed by atoms with E-state index in [1.807, 2.05) is 11.9 Å². The molecule has 0 bridgehead atoms. The monoisotopic (exact) mass is 529 g/mol. The number of benzene rings is 1. The number of aromatic hydroxyl groups is 1. The third kappa shape index (κ3) is 3.75. The van der Waals surface area contributed by atoms with Crippen molar-refractivity contribution in [2.45, 2.75) is 43.9 Å². The maximum absolute atomic E-state index is 15.8. The second-order valence-electron chi connectivity index (χ2n) is 11.3.